The minimum Gasteiger partial charge on any atom is -0.299 e. The Morgan fingerprint density at radius 2 is 2.30 bits per heavy atom. The molecule has 102 valence electrons. The number of nitrogens with one attached hydrogen (secondary N) is 1. The fourth-order valence-electron chi connectivity index (χ4n) is 1.94. The molecule has 0 aromatic carbocycles. The maximum absolute atomic E-state index is 5.26. The predicted octanol–water partition coefficient (Wildman–Crippen LogP) is 3.54. The first-order valence-electron chi connectivity index (χ1n) is 6.31. The van der Waals surface area contributed by atoms with Gasteiger partial charge in [0, 0.05) is 30.7 Å². The van der Waals surface area contributed by atoms with Gasteiger partial charge in [0.25, 0.3) is 0 Å². The third kappa shape index (κ3) is 2.41. The first-order valence-corrected chi connectivity index (χ1v) is 7.54. The van der Waals surface area contributed by atoms with Crippen LogP contribution >= 0.6 is 23.6 Å². The molecule has 20 heavy (non-hydrogen) atoms. The third-order valence-electron chi connectivity index (χ3n) is 2.84. The highest BCUT2D eigenvalue weighted by Gasteiger charge is 2.12. The smallest absolute Gasteiger partial charge is 0.195 e. The van der Waals surface area contributed by atoms with Gasteiger partial charge in [0.15, 0.2) is 10.6 Å². The molecule has 0 aliphatic rings. The van der Waals surface area contributed by atoms with Crippen LogP contribution in [0, 0.1) is 4.77 Å². The maximum Gasteiger partial charge on any atom is 0.195 e. The Morgan fingerprint density at radius 3 is 3.05 bits per heavy atom. The van der Waals surface area contributed by atoms with Crippen LogP contribution in [0.1, 0.15) is 13.3 Å². The van der Waals surface area contributed by atoms with Crippen LogP contribution in [0.2, 0.25) is 0 Å². The van der Waals surface area contributed by atoms with E-state index in [9.17, 15) is 0 Å². The van der Waals surface area contributed by atoms with Crippen LogP contribution in [-0.2, 0) is 6.54 Å². The lowest BCUT2D eigenvalue weighted by Crippen LogP contribution is -1.98. The average Bonchev–Trinajstić information content (AvgIpc) is 3.08. The van der Waals surface area contributed by atoms with Crippen molar-refractivity contribution in [1.82, 2.24) is 24.7 Å². The second-order valence-corrected chi connectivity index (χ2v) is 5.69. The van der Waals surface area contributed by atoms with Crippen LogP contribution in [-0.4, -0.2) is 24.7 Å². The van der Waals surface area contributed by atoms with Crippen LogP contribution in [0.15, 0.2) is 30.7 Å². The molecule has 0 unspecified atom stereocenters. The average molecular weight is 303 g/mol. The molecule has 0 bridgehead atoms. The molecule has 3 rings (SSSR count). The lowest BCUT2D eigenvalue weighted by molar-refractivity contribution is 0.675. The molecule has 3 aromatic rings. The summed E-state index contributed by atoms with van der Waals surface area (Å²) in [4.78, 5) is 9.57. The van der Waals surface area contributed by atoms with E-state index in [0.29, 0.717) is 4.77 Å². The first kappa shape index (κ1) is 13.1. The van der Waals surface area contributed by atoms with Crippen LogP contribution in [0.4, 0.5) is 0 Å². The van der Waals surface area contributed by atoms with Crippen molar-refractivity contribution >= 4 is 23.6 Å². The number of H-pyrrole nitrogens is 1. The number of nitrogens with zero attached hydrogens (tertiary/aromatic N) is 4. The zero-order valence-corrected chi connectivity index (χ0v) is 12.5. The molecule has 0 saturated heterocycles. The van der Waals surface area contributed by atoms with Crippen molar-refractivity contribution in [2.24, 2.45) is 0 Å². The van der Waals surface area contributed by atoms with Crippen molar-refractivity contribution in [3.05, 3.63) is 35.5 Å². The van der Waals surface area contributed by atoms with Gasteiger partial charge in [0.2, 0.25) is 0 Å². The normalized spacial score (nSPS) is 10.8. The van der Waals surface area contributed by atoms with Gasteiger partial charge in [-0.15, -0.1) is 11.3 Å². The Kier molecular flexibility index (Phi) is 3.70. The van der Waals surface area contributed by atoms with E-state index in [1.54, 1.807) is 17.5 Å². The fourth-order valence-corrected chi connectivity index (χ4v) is 3.07. The van der Waals surface area contributed by atoms with Crippen LogP contribution in [0.5, 0.6) is 0 Å². The molecule has 1 N–H and O–H groups in total. The molecule has 7 heteroatoms. The van der Waals surface area contributed by atoms with Crippen LogP contribution in [0.3, 0.4) is 0 Å². The topological polar surface area (TPSA) is 59.4 Å². The minimum atomic E-state index is 0.651. The predicted molar refractivity (Wildman–Crippen MR) is 82.0 cm³/mol. The number of hydrogen-bond acceptors (Lipinski definition) is 5. The van der Waals surface area contributed by atoms with Crippen molar-refractivity contribution in [2.75, 3.05) is 0 Å². The van der Waals surface area contributed by atoms with Crippen LogP contribution in [0.25, 0.3) is 21.3 Å². The summed E-state index contributed by atoms with van der Waals surface area (Å²) in [5.41, 5.74) is 1.01. The number of aromatic nitrogens is 5. The van der Waals surface area contributed by atoms with Crippen molar-refractivity contribution in [3.63, 3.8) is 0 Å². The molecule has 0 aliphatic heterocycles. The van der Waals surface area contributed by atoms with E-state index in [-0.39, 0.29) is 0 Å². The zero-order chi connectivity index (χ0) is 13.9. The van der Waals surface area contributed by atoms with E-state index in [0.717, 1.165) is 34.2 Å². The molecule has 5 nitrogen and oxygen atoms in total. The van der Waals surface area contributed by atoms with Crippen molar-refractivity contribution in [3.8, 4) is 21.3 Å². The van der Waals surface area contributed by atoms with E-state index < -0.39 is 0 Å². The van der Waals surface area contributed by atoms with Gasteiger partial charge in [-0.2, -0.15) is 5.10 Å². The van der Waals surface area contributed by atoms with Crippen molar-refractivity contribution in [1.29, 1.82) is 0 Å². The summed E-state index contributed by atoms with van der Waals surface area (Å²) in [6.07, 6.45) is 6.41. The summed E-state index contributed by atoms with van der Waals surface area (Å²) in [5.74, 6) is 0.851. The summed E-state index contributed by atoms with van der Waals surface area (Å²) in [7, 11) is 0. The zero-order valence-electron chi connectivity index (χ0n) is 10.9. The van der Waals surface area contributed by atoms with E-state index >= 15 is 0 Å². The summed E-state index contributed by atoms with van der Waals surface area (Å²) in [6, 6.07) is 3.91. The highest BCUT2D eigenvalue weighted by atomic mass is 32.1. The number of pyridine rings is 1. The Balaban J connectivity index is 2.01. The molecule has 0 radical (unpaired) electrons. The van der Waals surface area contributed by atoms with E-state index in [1.807, 2.05) is 29.1 Å². The van der Waals surface area contributed by atoms with Crippen molar-refractivity contribution in [2.45, 2.75) is 19.9 Å². The van der Waals surface area contributed by atoms with Crippen LogP contribution < -0.4 is 0 Å². The second-order valence-electron chi connectivity index (χ2n) is 4.28. The number of aromatic amines is 1. The van der Waals surface area contributed by atoms with Gasteiger partial charge in [-0.25, -0.2) is 4.98 Å². The first-order chi connectivity index (χ1) is 9.79. The Morgan fingerprint density at radius 1 is 1.40 bits per heavy atom. The summed E-state index contributed by atoms with van der Waals surface area (Å²) in [5, 5.41) is 8.10. The quantitative estimate of drug-likeness (QED) is 0.749. The number of rotatable bonds is 4. The van der Waals surface area contributed by atoms with Gasteiger partial charge in [0.05, 0.1) is 4.88 Å². The monoisotopic (exact) mass is 303 g/mol. The SMILES string of the molecule is CCCn1c(-c2cnc(-c3cccnc3)s2)n[nH]c1=S. The fraction of sp³-hybridized carbons (Fsp3) is 0.231. The standard InChI is InChI=1S/C13H13N5S2/c1-2-6-18-11(16-17-13(18)19)10-8-15-12(20-10)9-4-3-5-14-7-9/h3-5,7-8H,2,6H2,1H3,(H,17,19). The van der Waals surface area contributed by atoms with Gasteiger partial charge in [-0.3, -0.25) is 14.6 Å². The second kappa shape index (κ2) is 5.64. The number of hydrogen-bond donors (Lipinski definition) is 1. The van der Waals surface area contributed by atoms with E-state index in [4.69, 9.17) is 12.2 Å². The molecule has 3 heterocycles. The largest absolute Gasteiger partial charge is 0.299 e. The van der Waals surface area contributed by atoms with Gasteiger partial charge >= 0.3 is 0 Å². The minimum absolute atomic E-state index is 0.651. The van der Waals surface area contributed by atoms with Gasteiger partial charge in [0.1, 0.15) is 5.01 Å². The molecular formula is C13H13N5S2. The van der Waals surface area contributed by atoms with Gasteiger partial charge in [-0.05, 0) is 30.8 Å². The molecule has 0 amide bonds. The lowest BCUT2D eigenvalue weighted by Gasteiger charge is -2.01. The highest BCUT2D eigenvalue weighted by Crippen LogP contribution is 2.30. The Hall–Kier alpha value is -1.86. The summed E-state index contributed by atoms with van der Waals surface area (Å²) >= 11 is 6.85. The molecule has 0 saturated carbocycles. The summed E-state index contributed by atoms with van der Waals surface area (Å²) < 4.78 is 2.66. The van der Waals surface area contributed by atoms with Gasteiger partial charge < -0.3 is 0 Å². The van der Waals surface area contributed by atoms with Crippen molar-refractivity contribution < 1.29 is 0 Å². The third-order valence-corrected chi connectivity index (χ3v) is 4.19. The van der Waals surface area contributed by atoms with Gasteiger partial charge in [-0.1, -0.05) is 6.92 Å². The van der Waals surface area contributed by atoms with E-state index in [2.05, 4.69) is 27.1 Å². The molecule has 0 fully saturated rings. The Labute approximate surface area is 125 Å². The lowest BCUT2D eigenvalue weighted by atomic mass is 10.3. The highest BCUT2D eigenvalue weighted by molar-refractivity contribution is 7.71. The number of thiazole rings is 1. The summed E-state index contributed by atoms with van der Waals surface area (Å²) in [6.45, 7) is 2.97. The molecular weight excluding hydrogens is 290 g/mol. The molecule has 0 spiro atoms. The maximum atomic E-state index is 5.26. The molecule has 0 aliphatic carbocycles. The molecule has 3 aromatic heterocycles. The molecule has 0 atom stereocenters. The van der Waals surface area contributed by atoms with E-state index in [1.165, 1.54) is 0 Å². The Bertz CT molecular complexity index is 756.